The van der Waals surface area contributed by atoms with Crippen LogP contribution in [0.25, 0.3) is 0 Å². The Morgan fingerprint density at radius 3 is 2.74 bits per heavy atom. The molecule has 1 amide bonds. The molecule has 190 valence electrons. The first-order valence-corrected chi connectivity index (χ1v) is 13.7. The van der Waals surface area contributed by atoms with Gasteiger partial charge in [0.2, 0.25) is 0 Å². The molecule has 7 atom stereocenters. The van der Waals surface area contributed by atoms with Crippen LogP contribution < -0.4 is 0 Å². The lowest BCUT2D eigenvalue weighted by atomic mass is 9.58. The Morgan fingerprint density at radius 1 is 1.14 bits per heavy atom. The molecule has 4 unspecified atom stereocenters. The largest absolute Gasteiger partial charge is 0.450 e. The Hall–Kier alpha value is -2.08. The average molecular weight is 481 g/mol. The van der Waals surface area contributed by atoms with Crippen molar-refractivity contribution < 1.29 is 19.1 Å². The number of ether oxygens (including phenoxy) is 2. The molecule has 0 aromatic heterocycles. The van der Waals surface area contributed by atoms with Gasteiger partial charge < -0.3 is 14.4 Å². The number of likely N-dealkylation sites (tertiary alicyclic amines) is 1. The van der Waals surface area contributed by atoms with Gasteiger partial charge in [-0.3, -0.25) is 9.69 Å². The van der Waals surface area contributed by atoms with E-state index < -0.39 is 16.6 Å². The van der Waals surface area contributed by atoms with Gasteiger partial charge in [0.15, 0.2) is 5.60 Å². The van der Waals surface area contributed by atoms with Crippen LogP contribution >= 0.6 is 0 Å². The van der Waals surface area contributed by atoms with Crippen LogP contribution in [0.2, 0.25) is 0 Å². The van der Waals surface area contributed by atoms with E-state index >= 15 is 0 Å². The third-order valence-corrected chi connectivity index (χ3v) is 9.62. The van der Waals surface area contributed by atoms with Gasteiger partial charge in [0, 0.05) is 25.0 Å². The zero-order valence-electron chi connectivity index (χ0n) is 21.7. The molecule has 1 saturated carbocycles. The third-order valence-electron chi connectivity index (χ3n) is 9.62. The van der Waals surface area contributed by atoms with Crippen LogP contribution in [0.4, 0.5) is 4.79 Å². The molecule has 35 heavy (non-hydrogen) atoms. The minimum Gasteiger partial charge on any atom is -0.450 e. The zero-order valence-corrected chi connectivity index (χ0v) is 21.7. The highest BCUT2D eigenvalue weighted by Crippen LogP contribution is 2.62. The lowest BCUT2D eigenvalue weighted by molar-refractivity contribution is -0.184. The van der Waals surface area contributed by atoms with Gasteiger partial charge in [0.05, 0.1) is 6.04 Å². The number of rotatable bonds is 1. The Balaban J connectivity index is 1.39. The van der Waals surface area contributed by atoms with Crippen molar-refractivity contribution in [2.75, 3.05) is 19.6 Å². The Bertz CT molecular complexity index is 1010. The fourth-order valence-corrected chi connectivity index (χ4v) is 8.12. The van der Waals surface area contributed by atoms with Crippen LogP contribution in [0.15, 0.2) is 36.0 Å². The van der Waals surface area contributed by atoms with Crippen LogP contribution in [0, 0.1) is 23.2 Å². The average Bonchev–Trinajstić information content (AvgIpc) is 3.19. The van der Waals surface area contributed by atoms with Gasteiger partial charge in [0.25, 0.3) is 0 Å². The van der Waals surface area contributed by atoms with Crippen molar-refractivity contribution in [2.45, 2.75) is 89.5 Å². The Morgan fingerprint density at radius 2 is 1.94 bits per heavy atom. The summed E-state index contributed by atoms with van der Waals surface area (Å²) in [5, 5.41) is 0. The summed E-state index contributed by atoms with van der Waals surface area (Å²) in [6.07, 6.45) is 16.7. The molecule has 6 aliphatic rings. The summed E-state index contributed by atoms with van der Waals surface area (Å²) in [6, 6.07) is 0.384. The van der Waals surface area contributed by atoms with Crippen LogP contribution in [0.1, 0.15) is 66.2 Å². The van der Waals surface area contributed by atoms with Gasteiger partial charge in [-0.05, 0) is 70.4 Å². The Kier molecular flexibility index (Phi) is 5.30. The first-order valence-electron chi connectivity index (χ1n) is 13.7. The highest BCUT2D eigenvalue weighted by Gasteiger charge is 2.72. The predicted octanol–water partition coefficient (Wildman–Crippen LogP) is 4.86. The number of carbonyl (C=O) groups is 2. The molecule has 0 N–H and O–H groups in total. The van der Waals surface area contributed by atoms with Gasteiger partial charge in [-0.15, -0.1) is 0 Å². The number of amides is 1. The second-order valence-electron chi connectivity index (χ2n) is 12.8. The van der Waals surface area contributed by atoms with E-state index in [1.54, 1.807) is 0 Å². The van der Waals surface area contributed by atoms with Gasteiger partial charge >= 0.3 is 12.1 Å². The van der Waals surface area contributed by atoms with E-state index in [1.165, 1.54) is 6.42 Å². The first kappa shape index (κ1) is 23.3. The summed E-state index contributed by atoms with van der Waals surface area (Å²) in [4.78, 5) is 31.9. The normalized spacial score (nSPS) is 42.5. The monoisotopic (exact) mass is 480 g/mol. The number of fused-ring (bicyclic) bond motifs is 5. The van der Waals surface area contributed by atoms with Gasteiger partial charge in [-0.2, -0.15) is 0 Å². The first-order chi connectivity index (χ1) is 16.7. The molecule has 0 bridgehead atoms. The highest BCUT2D eigenvalue weighted by molar-refractivity contribution is 5.90. The van der Waals surface area contributed by atoms with Crippen LogP contribution in [-0.4, -0.2) is 64.8 Å². The van der Waals surface area contributed by atoms with Crippen molar-refractivity contribution in [1.82, 2.24) is 9.80 Å². The number of carbonyl (C=O) groups excluding carboxylic acids is 2. The number of hydrogen-bond donors (Lipinski definition) is 0. The molecule has 2 aliphatic carbocycles. The van der Waals surface area contributed by atoms with Crippen LogP contribution in [0.3, 0.4) is 0 Å². The molecule has 4 aliphatic heterocycles. The van der Waals surface area contributed by atoms with Crippen LogP contribution in [0.5, 0.6) is 0 Å². The second kappa shape index (κ2) is 7.96. The van der Waals surface area contributed by atoms with Crippen molar-refractivity contribution in [3.8, 4) is 0 Å². The summed E-state index contributed by atoms with van der Waals surface area (Å²) in [5.41, 5.74) is -0.754. The molecule has 0 aromatic carbocycles. The minimum atomic E-state index is -0.812. The lowest BCUT2D eigenvalue weighted by Crippen LogP contribution is -2.72. The van der Waals surface area contributed by atoms with Crippen molar-refractivity contribution in [3.63, 3.8) is 0 Å². The fraction of sp³-hybridized carbons (Fsp3) is 0.724. The van der Waals surface area contributed by atoms with Crippen molar-refractivity contribution in [2.24, 2.45) is 23.2 Å². The molecule has 0 radical (unpaired) electrons. The molecule has 1 spiro atoms. The molecular weight excluding hydrogens is 440 g/mol. The van der Waals surface area contributed by atoms with E-state index in [0.29, 0.717) is 12.5 Å². The molecule has 6 rings (SSSR count). The van der Waals surface area contributed by atoms with E-state index in [-0.39, 0.29) is 36.0 Å². The van der Waals surface area contributed by atoms with E-state index in [4.69, 9.17) is 9.47 Å². The molecule has 4 heterocycles. The molecule has 5 fully saturated rings. The predicted molar refractivity (Wildman–Crippen MR) is 134 cm³/mol. The molecule has 6 nitrogen and oxygen atoms in total. The smallest absolute Gasteiger partial charge is 0.410 e. The Labute approximate surface area is 209 Å². The van der Waals surface area contributed by atoms with Crippen molar-refractivity contribution in [3.05, 3.63) is 36.0 Å². The SMILES string of the molecule is C[C@H]1CCN2C[C@]3(OC(=O)C4(C5CN(C(=O)OC(C)(C)C)C6CCCCC65)C=CC=CC=C43)[C@@H]2C1. The van der Waals surface area contributed by atoms with E-state index in [0.717, 1.165) is 50.8 Å². The summed E-state index contributed by atoms with van der Waals surface area (Å²) in [7, 11) is 0. The van der Waals surface area contributed by atoms with E-state index in [1.807, 2.05) is 37.8 Å². The third kappa shape index (κ3) is 3.38. The van der Waals surface area contributed by atoms with Gasteiger partial charge in [0.1, 0.15) is 11.0 Å². The van der Waals surface area contributed by atoms with E-state index in [9.17, 15) is 9.59 Å². The maximum absolute atomic E-state index is 14.1. The summed E-state index contributed by atoms with van der Waals surface area (Å²) < 4.78 is 12.4. The number of nitrogens with zero attached hydrogens (tertiary/aromatic N) is 2. The molecule has 6 heteroatoms. The molecule has 4 saturated heterocycles. The number of esters is 1. The van der Waals surface area contributed by atoms with Gasteiger partial charge in [-0.25, -0.2) is 4.79 Å². The summed E-state index contributed by atoms with van der Waals surface area (Å²) in [6.45, 7) is 10.5. The maximum Gasteiger partial charge on any atom is 0.410 e. The number of hydrogen-bond acceptors (Lipinski definition) is 5. The topological polar surface area (TPSA) is 59.1 Å². The lowest BCUT2D eigenvalue weighted by Gasteiger charge is -2.58. The maximum atomic E-state index is 14.1. The second-order valence-corrected chi connectivity index (χ2v) is 12.8. The standard InChI is InChI=1S/C29H40N2O4/c1-19-13-15-30-18-29(24(30)16-19)23-12-6-5-9-14-28(23,25(32)34-29)21-17-31(26(33)35-27(2,3)4)22-11-8-7-10-20(21)22/h5-6,9,12,14,19-22,24H,7-8,10-11,13,15-18H2,1-4H3/t19-,20?,21?,22?,24-,28?,29+/m0/s1. The minimum absolute atomic E-state index is 0.00431. The summed E-state index contributed by atoms with van der Waals surface area (Å²) >= 11 is 0. The fourth-order valence-electron chi connectivity index (χ4n) is 8.12. The zero-order chi connectivity index (χ0) is 24.6. The van der Waals surface area contributed by atoms with Crippen molar-refractivity contribution >= 4 is 12.1 Å². The molecule has 0 aromatic rings. The summed E-state index contributed by atoms with van der Waals surface area (Å²) in [5.74, 6) is 0.801. The number of allylic oxidation sites excluding steroid dienone is 4. The molecular formula is C29H40N2O4. The van der Waals surface area contributed by atoms with Gasteiger partial charge in [-0.1, -0.05) is 50.1 Å². The van der Waals surface area contributed by atoms with Crippen LogP contribution in [-0.2, 0) is 14.3 Å². The van der Waals surface area contributed by atoms with E-state index in [2.05, 4.69) is 30.1 Å². The van der Waals surface area contributed by atoms with Crippen molar-refractivity contribution in [1.29, 1.82) is 0 Å². The number of piperidine rings is 1. The quantitative estimate of drug-likeness (QED) is 0.502. The highest BCUT2D eigenvalue weighted by atomic mass is 16.6.